The van der Waals surface area contributed by atoms with E-state index < -0.39 is 0 Å². The normalized spacial score (nSPS) is 10.2. The van der Waals surface area contributed by atoms with Crippen LogP contribution in [0.25, 0.3) is 0 Å². The van der Waals surface area contributed by atoms with Crippen LogP contribution in [0.15, 0.2) is 30.3 Å². The lowest BCUT2D eigenvalue weighted by atomic mass is 10.2. The van der Waals surface area contributed by atoms with Crippen molar-refractivity contribution in [3.63, 3.8) is 0 Å². The van der Waals surface area contributed by atoms with Crippen LogP contribution in [0.1, 0.15) is 5.56 Å². The molecule has 0 bridgehead atoms. The standard InChI is InChI=1S/C13H18N2O3/c1-15(10-13(17)18-2)9-12(16)14-8-11-6-4-3-5-7-11/h3-7H,8-10H2,1-2H3,(H,14,16). The van der Waals surface area contributed by atoms with Crippen molar-refractivity contribution in [3.8, 4) is 0 Å². The second-order valence-corrected chi connectivity index (χ2v) is 4.01. The number of methoxy groups -OCH3 is 1. The molecule has 1 amide bonds. The quantitative estimate of drug-likeness (QED) is 0.743. The second kappa shape index (κ2) is 7.45. The van der Waals surface area contributed by atoms with Crippen molar-refractivity contribution in [2.75, 3.05) is 27.2 Å². The van der Waals surface area contributed by atoms with Gasteiger partial charge in [0.05, 0.1) is 20.2 Å². The zero-order chi connectivity index (χ0) is 13.4. The zero-order valence-corrected chi connectivity index (χ0v) is 10.7. The molecule has 1 rings (SSSR count). The Morgan fingerprint density at radius 3 is 2.50 bits per heavy atom. The number of hydrogen-bond acceptors (Lipinski definition) is 4. The number of ether oxygens (including phenoxy) is 1. The zero-order valence-electron chi connectivity index (χ0n) is 10.7. The van der Waals surface area contributed by atoms with Gasteiger partial charge in [0.1, 0.15) is 0 Å². The highest BCUT2D eigenvalue weighted by atomic mass is 16.5. The Bertz CT molecular complexity index is 392. The Morgan fingerprint density at radius 1 is 1.22 bits per heavy atom. The molecule has 0 aliphatic rings. The molecule has 0 spiro atoms. The molecule has 0 saturated carbocycles. The molecule has 5 nitrogen and oxygen atoms in total. The lowest BCUT2D eigenvalue weighted by Gasteiger charge is -2.14. The number of amides is 1. The number of likely N-dealkylation sites (N-methyl/N-ethyl adjacent to an activating group) is 1. The number of carbonyl (C=O) groups is 2. The van der Waals surface area contributed by atoms with E-state index in [0.717, 1.165) is 5.56 Å². The van der Waals surface area contributed by atoms with Gasteiger partial charge in [-0.05, 0) is 12.6 Å². The highest BCUT2D eigenvalue weighted by Crippen LogP contribution is 1.97. The Morgan fingerprint density at radius 2 is 1.89 bits per heavy atom. The smallest absolute Gasteiger partial charge is 0.319 e. The summed E-state index contributed by atoms with van der Waals surface area (Å²) >= 11 is 0. The summed E-state index contributed by atoms with van der Waals surface area (Å²) in [7, 11) is 3.02. The summed E-state index contributed by atoms with van der Waals surface area (Å²) in [6.07, 6.45) is 0. The van der Waals surface area contributed by atoms with Crippen molar-refractivity contribution in [2.45, 2.75) is 6.54 Å². The van der Waals surface area contributed by atoms with Crippen LogP contribution in [0.3, 0.4) is 0 Å². The molecule has 0 saturated heterocycles. The minimum Gasteiger partial charge on any atom is -0.468 e. The number of nitrogens with zero attached hydrogens (tertiary/aromatic N) is 1. The molecule has 0 unspecified atom stereocenters. The average molecular weight is 250 g/mol. The van der Waals surface area contributed by atoms with Crippen LogP contribution < -0.4 is 5.32 Å². The predicted octanol–water partition coefficient (Wildman–Crippen LogP) is 0.408. The van der Waals surface area contributed by atoms with Gasteiger partial charge in [-0.3, -0.25) is 14.5 Å². The lowest BCUT2D eigenvalue weighted by Crippen LogP contribution is -2.37. The number of benzene rings is 1. The van der Waals surface area contributed by atoms with E-state index in [1.165, 1.54) is 7.11 Å². The molecule has 0 radical (unpaired) electrons. The number of carbonyl (C=O) groups excluding carboxylic acids is 2. The van der Waals surface area contributed by atoms with Crippen molar-refractivity contribution in [1.82, 2.24) is 10.2 Å². The molecule has 0 aliphatic heterocycles. The predicted molar refractivity (Wildman–Crippen MR) is 67.8 cm³/mol. The fraction of sp³-hybridized carbons (Fsp3) is 0.385. The molecule has 18 heavy (non-hydrogen) atoms. The van der Waals surface area contributed by atoms with Crippen LogP contribution in [0, 0.1) is 0 Å². The lowest BCUT2D eigenvalue weighted by molar-refractivity contribution is -0.141. The first-order chi connectivity index (χ1) is 8.61. The van der Waals surface area contributed by atoms with Crippen molar-refractivity contribution >= 4 is 11.9 Å². The minimum absolute atomic E-state index is 0.106. The molecule has 1 N–H and O–H groups in total. The van der Waals surface area contributed by atoms with Gasteiger partial charge in [-0.15, -0.1) is 0 Å². The molecule has 98 valence electrons. The fourth-order valence-electron chi connectivity index (χ4n) is 1.44. The topological polar surface area (TPSA) is 58.6 Å². The molecular weight excluding hydrogens is 232 g/mol. The third-order valence-electron chi connectivity index (χ3n) is 2.37. The van der Waals surface area contributed by atoms with Crippen molar-refractivity contribution in [3.05, 3.63) is 35.9 Å². The van der Waals surface area contributed by atoms with E-state index in [-0.39, 0.29) is 25.0 Å². The largest absolute Gasteiger partial charge is 0.468 e. The molecule has 0 aliphatic carbocycles. The first-order valence-corrected chi connectivity index (χ1v) is 5.68. The number of hydrogen-bond donors (Lipinski definition) is 1. The van der Waals surface area contributed by atoms with Gasteiger partial charge in [-0.2, -0.15) is 0 Å². The third-order valence-corrected chi connectivity index (χ3v) is 2.37. The van der Waals surface area contributed by atoms with Gasteiger partial charge in [-0.1, -0.05) is 30.3 Å². The van der Waals surface area contributed by atoms with Gasteiger partial charge in [0, 0.05) is 6.54 Å². The van der Waals surface area contributed by atoms with E-state index >= 15 is 0 Å². The molecule has 1 aromatic carbocycles. The van der Waals surface area contributed by atoms with Crippen LogP contribution in [0.2, 0.25) is 0 Å². The summed E-state index contributed by atoms with van der Waals surface area (Å²) in [6, 6.07) is 9.65. The first-order valence-electron chi connectivity index (χ1n) is 5.68. The molecule has 0 atom stereocenters. The van der Waals surface area contributed by atoms with Gasteiger partial charge in [0.25, 0.3) is 0 Å². The van der Waals surface area contributed by atoms with E-state index in [9.17, 15) is 9.59 Å². The van der Waals surface area contributed by atoms with Gasteiger partial charge in [0.2, 0.25) is 5.91 Å². The Balaban J connectivity index is 2.27. The van der Waals surface area contributed by atoms with Crippen LogP contribution in [-0.4, -0.2) is 44.0 Å². The summed E-state index contributed by atoms with van der Waals surface area (Å²) in [5, 5.41) is 2.79. The summed E-state index contributed by atoms with van der Waals surface area (Å²) in [5.74, 6) is -0.474. The fourth-order valence-corrected chi connectivity index (χ4v) is 1.44. The summed E-state index contributed by atoms with van der Waals surface area (Å²) in [5.41, 5.74) is 1.04. The summed E-state index contributed by atoms with van der Waals surface area (Å²) < 4.78 is 4.52. The highest BCUT2D eigenvalue weighted by molar-refractivity contribution is 5.79. The Labute approximate surface area is 107 Å². The average Bonchev–Trinajstić information content (AvgIpc) is 2.37. The van der Waals surface area contributed by atoms with Crippen molar-refractivity contribution < 1.29 is 14.3 Å². The van der Waals surface area contributed by atoms with Gasteiger partial charge in [-0.25, -0.2) is 0 Å². The maximum absolute atomic E-state index is 11.6. The Kier molecular flexibility index (Phi) is 5.87. The SMILES string of the molecule is COC(=O)CN(C)CC(=O)NCc1ccccc1. The summed E-state index contributed by atoms with van der Waals surface area (Å²) in [6.45, 7) is 0.767. The number of rotatable bonds is 6. The maximum atomic E-state index is 11.6. The maximum Gasteiger partial charge on any atom is 0.319 e. The monoisotopic (exact) mass is 250 g/mol. The van der Waals surface area contributed by atoms with E-state index in [1.807, 2.05) is 30.3 Å². The second-order valence-electron chi connectivity index (χ2n) is 4.01. The van der Waals surface area contributed by atoms with Crippen LogP contribution >= 0.6 is 0 Å². The van der Waals surface area contributed by atoms with E-state index in [4.69, 9.17) is 0 Å². The van der Waals surface area contributed by atoms with Gasteiger partial charge >= 0.3 is 5.97 Å². The third kappa shape index (κ3) is 5.45. The summed E-state index contributed by atoms with van der Waals surface area (Å²) in [4.78, 5) is 24.2. The van der Waals surface area contributed by atoms with Crippen molar-refractivity contribution in [1.29, 1.82) is 0 Å². The van der Waals surface area contributed by atoms with E-state index in [1.54, 1.807) is 11.9 Å². The molecule has 1 aromatic rings. The van der Waals surface area contributed by atoms with Crippen LogP contribution in [-0.2, 0) is 20.9 Å². The van der Waals surface area contributed by atoms with E-state index in [2.05, 4.69) is 10.1 Å². The number of nitrogens with one attached hydrogen (secondary N) is 1. The molecule has 0 heterocycles. The minimum atomic E-state index is -0.353. The van der Waals surface area contributed by atoms with Crippen molar-refractivity contribution in [2.24, 2.45) is 0 Å². The molecule has 0 fully saturated rings. The highest BCUT2D eigenvalue weighted by Gasteiger charge is 2.10. The van der Waals surface area contributed by atoms with Gasteiger partial charge in [0.15, 0.2) is 0 Å². The Hall–Kier alpha value is -1.88. The number of esters is 1. The molecule has 5 heteroatoms. The van der Waals surface area contributed by atoms with Crippen LogP contribution in [0.5, 0.6) is 0 Å². The first kappa shape index (κ1) is 14.2. The van der Waals surface area contributed by atoms with E-state index in [0.29, 0.717) is 6.54 Å². The van der Waals surface area contributed by atoms with Crippen LogP contribution in [0.4, 0.5) is 0 Å². The molecular formula is C13H18N2O3. The van der Waals surface area contributed by atoms with Gasteiger partial charge < -0.3 is 10.1 Å². The molecule has 0 aromatic heterocycles.